The lowest BCUT2D eigenvalue weighted by molar-refractivity contribution is -0.141. The lowest BCUT2D eigenvalue weighted by atomic mass is 10.1. The van der Waals surface area contributed by atoms with Crippen LogP contribution in [0.15, 0.2) is 86.0 Å². The van der Waals surface area contributed by atoms with Gasteiger partial charge in [0.1, 0.15) is 23.9 Å². The molecule has 1 heterocycles. The second kappa shape index (κ2) is 41.9. The minimum absolute atomic E-state index is 0.0538. The molecule has 0 saturated carbocycles. The van der Waals surface area contributed by atoms with Crippen LogP contribution in [-0.2, 0) is 43.2 Å². The quantitative estimate of drug-likeness (QED) is 0.0235. The van der Waals surface area contributed by atoms with Crippen molar-refractivity contribution in [2.45, 2.75) is 134 Å². The van der Waals surface area contributed by atoms with Crippen molar-refractivity contribution < 1.29 is 83.7 Å². The summed E-state index contributed by atoms with van der Waals surface area (Å²) in [5.74, 6) is -8.74. The molecule has 29 nitrogen and oxygen atoms in total. The van der Waals surface area contributed by atoms with E-state index in [0.29, 0.717) is 69.8 Å². The predicted molar refractivity (Wildman–Crippen MR) is 349 cm³/mol. The highest BCUT2D eigenvalue weighted by molar-refractivity contribution is 6.56. The Hall–Kier alpha value is -8.32. The fourth-order valence-electron chi connectivity index (χ4n) is 9.73. The molecule has 0 radical (unpaired) electrons. The number of allylic oxidation sites excluding steroid dienone is 1. The van der Waals surface area contributed by atoms with E-state index >= 15 is 0 Å². The van der Waals surface area contributed by atoms with Gasteiger partial charge in [-0.05, 0) is 75.5 Å². The van der Waals surface area contributed by atoms with E-state index in [4.69, 9.17) is 5.11 Å². The monoisotopic (exact) mass is 1310 g/mol. The molecule has 92 heavy (non-hydrogen) atoms. The fraction of sp³-hybridized carbons (Fsp3) is 0.581. The molecule has 1 saturated heterocycles. The van der Waals surface area contributed by atoms with Crippen molar-refractivity contribution in [2.75, 3.05) is 98.2 Å². The van der Waals surface area contributed by atoms with Gasteiger partial charge in [0.2, 0.25) is 23.6 Å². The van der Waals surface area contributed by atoms with E-state index in [9.17, 15) is 78.6 Å². The first-order valence-corrected chi connectivity index (χ1v) is 32.2. The number of benzene rings is 1. The third-order valence-corrected chi connectivity index (χ3v) is 16.6. The number of ketones is 1. The zero-order chi connectivity index (χ0) is 69.1. The summed E-state index contributed by atoms with van der Waals surface area (Å²) in [6, 6.07) is 1.27. The van der Waals surface area contributed by atoms with Gasteiger partial charge in [-0.15, -0.1) is 0 Å². The van der Waals surface area contributed by atoms with Crippen LogP contribution in [0, 0.1) is 0 Å². The molecule has 0 bridgehead atoms. The maximum Gasteiger partial charge on any atom is 0.326 e. The molecule has 3 unspecified atom stereocenters. The Morgan fingerprint density at radius 1 is 0.489 bits per heavy atom. The fourth-order valence-corrected chi connectivity index (χ4v) is 11.4. The van der Waals surface area contributed by atoms with E-state index < -0.39 is 93.7 Å². The van der Waals surface area contributed by atoms with E-state index in [1.54, 1.807) is 21.9 Å². The minimum atomic E-state index is -1.38. The predicted octanol–water partition coefficient (Wildman–Crippen LogP) is 0.146. The summed E-state index contributed by atoms with van der Waals surface area (Å²) in [5.41, 5.74) is 0.886. The average molecular weight is 1310 g/mol. The Balaban J connectivity index is 2.02. The molecular formula is C62H100N12O17Si. The van der Waals surface area contributed by atoms with Crippen molar-refractivity contribution in [3.8, 4) is 0 Å². The Morgan fingerprint density at radius 3 is 1.46 bits per heavy atom. The first kappa shape index (κ1) is 79.8. The van der Waals surface area contributed by atoms with Crippen LogP contribution in [-0.4, -0.2) is 252 Å². The highest BCUT2D eigenvalue weighted by Gasteiger charge is 2.29. The maximum absolute atomic E-state index is 14.2. The Bertz CT molecular complexity index is 2680. The number of hydrogen-bond acceptors (Lipinski definition) is 20. The normalized spacial score (nSPS) is 15.5. The maximum atomic E-state index is 14.2. The number of carboxylic acids is 4. The van der Waals surface area contributed by atoms with Crippen LogP contribution in [0.5, 0.6) is 0 Å². The highest BCUT2D eigenvalue weighted by atomic mass is 28.2. The molecule has 5 atom stereocenters. The number of carboxylic acid groups (broad SMARTS) is 4. The van der Waals surface area contributed by atoms with E-state index in [-0.39, 0.29) is 144 Å². The lowest BCUT2D eigenvalue weighted by Crippen LogP contribution is -2.56. The molecular weight excluding hydrogens is 1210 g/mol. The molecule has 1 aromatic rings. The second-order valence-corrected chi connectivity index (χ2v) is 27.5. The Morgan fingerprint density at radius 2 is 0.978 bits per heavy atom. The number of aliphatic hydroxyl groups excluding tert-OH is 3. The summed E-state index contributed by atoms with van der Waals surface area (Å²) in [4.78, 5) is 133. The second-order valence-electron chi connectivity index (χ2n) is 24.2. The minimum Gasteiger partial charge on any atom is -0.512 e. The number of nitrogens with one attached hydrogen (secondary N) is 8. The van der Waals surface area contributed by atoms with E-state index in [0.717, 1.165) is 5.19 Å². The SMILES string of the molecule is C=C(O)CN1CCN(CC(=C)O)CCN(CC(=O)NC(CNC(=O)c2ccc([SiH2]C(C)(C)C)cc2)C(=O)NC(CCCCNC(=O)CCC(=C)NCCCC(NC(=O)CC[C@H](NC(=C)N[C@@H](CCC(=O)O)C(=O)O)C(=O)O)C(C)=O)C(=C)O)CCN(CC(=O)O)CC1. The van der Waals surface area contributed by atoms with Gasteiger partial charge in [0, 0.05) is 103 Å². The van der Waals surface area contributed by atoms with Gasteiger partial charge in [-0.1, -0.05) is 71.0 Å². The summed E-state index contributed by atoms with van der Waals surface area (Å²) >= 11 is 0. The van der Waals surface area contributed by atoms with Crippen LogP contribution >= 0.6 is 0 Å². The van der Waals surface area contributed by atoms with Crippen molar-refractivity contribution in [1.82, 2.24) is 62.1 Å². The number of amides is 5. The van der Waals surface area contributed by atoms with E-state index in [2.05, 4.69) is 96.2 Å². The average Bonchev–Trinajstić information content (AvgIpc) is 1.34. The van der Waals surface area contributed by atoms with Crippen LogP contribution in [0.3, 0.4) is 0 Å². The molecule has 0 aromatic heterocycles. The Labute approximate surface area is 541 Å². The molecule has 0 aliphatic carbocycles. The zero-order valence-corrected chi connectivity index (χ0v) is 55.2. The number of hydrogen-bond donors (Lipinski definition) is 15. The molecule has 0 spiro atoms. The van der Waals surface area contributed by atoms with Crippen LogP contribution in [0.2, 0.25) is 5.04 Å². The molecule has 1 aliphatic heterocycles. The number of Topliss-reactive ketones (excluding diaryl/α,β-unsaturated/α-hetero) is 1. The molecule has 1 aliphatic rings. The number of aliphatic hydroxyl groups is 3. The van der Waals surface area contributed by atoms with Crippen LogP contribution < -0.4 is 47.7 Å². The van der Waals surface area contributed by atoms with Gasteiger partial charge in [-0.2, -0.15) is 0 Å². The van der Waals surface area contributed by atoms with Crippen molar-refractivity contribution in [2.24, 2.45) is 0 Å². The largest absolute Gasteiger partial charge is 0.512 e. The molecule has 30 heteroatoms. The molecule has 15 N–H and O–H groups in total. The van der Waals surface area contributed by atoms with Gasteiger partial charge >= 0.3 is 23.9 Å². The van der Waals surface area contributed by atoms with Crippen molar-refractivity contribution >= 4 is 73.9 Å². The zero-order valence-electron chi connectivity index (χ0n) is 53.8. The standard InChI is InChI=1S/C62H100N12O17Si/c1-40(63-26-12-14-48(43(4)77)68-54(80)23-20-50(60(88)89)66-45(6)67-51(61(90)91)21-24-56(82)83)15-22-53(79)64-25-11-10-13-49(44(5)78)70-59(87)52(35-65-58(86)46-16-18-47(19-17-46)92-62(7,8)9)69-55(81)38-73-31-29-71(36-41(2)75)27-28-72(37-42(3)76)30-33-74(34-32-73)39-57(84)85/h16-19,48-52,63,66-67,75-76,78H,1-3,5-6,10-15,20-39,92H2,4,7-9H3,(H,64,79)(H,65,86)(H,68,80)(H,69,81)(H,70,87)(H,82,83)(H,84,85)(H,88,89)(H,90,91)/t48?,49?,50-,51-,52?/m0/s1. The van der Waals surface area contributed by atoms with Crippen molar-refractivity contribution in [1.29, 1.82) is 0 Å². The third-order valence-electron chi connectivity index (χ3n) is 14.6. The van der Waals surface area contributed by atoms with Gasteiger partial charge in [-0.25, -0.2) is 9.59 Å². The highest BCUT2D eigenvalue weighted by Crippen LogP contribution is 2.19. The first-order valence-electron chi connectivity index (χ1n) is 30.8. The van der Waals surface area contributed by atoms with E-state index in [1.165, 1.54) is 6.92 Å². The number of carbonyl (C=O) groups is 10. The summed E-state index contributed by atoms with van der Waals surface area (Å²) in [7, 11) is -0.648. The number of nitrogens with zero attached hydrogens (tertiary/aromatic N) is 4. The Kier molecular flexibility index (Phi) is 36.4. The number of unbranched alkanes of at least 4 members (excludes halogenated alkanes) is 1. The summed E-state index contributed by atoms with van der Waals surface area (Å²) < 4.78 is 0. The topological polar surface area (TPSA) is 422 Å². The van der Waals surface area contributed by atoms with Crippen LogP contribution in [0.4, 0.5) is 0 Å². The number of rotatable bonds is 43. The molecule has 1 fully saturated rings. The third kappa shape index (κ3) is 35.9. The van der Waals surface area contributed by atoms with Crippen LogP contribution in [0.1, 0.15) is 109 Å². The molecule has 2 rings (SSSR count). The van der Waals surface area contributed by atoms with Gasteiger partial charge in [0.25, 0.3) is 5.91 Å². The molecule has 514 valence electrons. The number of aliphatic carboxylic acids is 4. The van der Waals surface area contributed by atoms with Crippen molar-refractivity contribution in [3.63, 3.8) is 0 Å². The summed E-state index contributed by atoms with van der Waals surface area (Å²) in [6.45, 7) is 28.9. The van der Waals surface area contributed by atoms with Gasteiger partial charge in [0.05, 0.1) is 65.1 Å². The first-order chi connectivity index (χ1) is 43.2. The van der Waals surface area contributed by atoms with Gasteiger partial charge < -0.3 is 78.3 Å². The lowest BCUT2D eigenvalue weighted by Gasteiger charge is -2.33. The van der Waals surface area contributed by atoms with Gasteiger partial charge in [-0.3, -0.25) is 58.0 Å². The smallest absolute Gasteiger partial charge is 0.326 e. The molecule has 1 aromatic carbocycles. The van der Waals surface area contributed by atoms with Gasteiger partial charge in [0.15, 0.2) is 5.78 Å². The van der Waals surface area contributed by atoms with Crippen LogP contribution in [0.25, 0.3) is 0 Å². The summed E-state index contributed by atoms with van der Waals surface area (Å²) in [5, 5.41) is 91.5. The number of carbonyl (C=O) groups excluding carboxylic acids is 6. The summed E-state index contributed by atoms with van der Waals surface area (Å²) in [6.07, 6.45) is 0.652. The van der Waals surface area contributed by atoms with Crippen molar-refractivity contribution in [3.05, 3.63) is 91.5 Å². The van der Waals surface area contributed by atoms with E-state index in [1.807, 2.05) is 21.9 Å². The molecule has 5 amide bonds.